The molecular weight excluding hydrogens is 193 g/mol. The average molecular weight is 207 g/mol. The molecule has 0 aliphatic carbocycles. The van der Waals surface area contributed by atoms with E-state index in [4.69, 9.17) is 0 Å². The number of halogens is 1. The molecule has 0 saturated carbocycles. The summed E-state index contributed by atoms with van der Waals surface area (Å²) in [5.74, 6) is 0.592. The Balaban J connectivity index is 2.04. The molecule has 1 aromatic rings. The predicted octanol–water partition coefficient (Wildman–Crippen LogP) is 1.44. The van der Waals surface area contributed by atoms with Crippen LogP contribution in [-0.2, 0) is 0 Å². The zero-order valence-electron chi connectivity index (χ0n) is 8.63. The summed E-state index contributed by atoms with van der Waals surface area (Å²) in [5.41, 5.74) is 0.923. The first kappa shape index (κ1) is 9.96. The minimum atomic E-state index is -0.206. The lowest BCUT2D eigenvalue weighted by molar-refractivity contribution is 0.617. The van der Waals surface area contributed by atoms with E-state index in [2.05, 4.69) is 15.6 Å². The van der Waals surface area contributed by atoms with E-state index < -0.39 is 0 Å². The fourth-order valence-electron chi connectivity index (χ4n) is 1.56. The molecule has 2 N–H and O–H groups in total. The van der Waals surface area contributed by atoms with E-state index in [1.807, 2.05) is 13.0 Å². The third-order valence-electron chi connectivity index (χ3n) is 2.38. The lowest BCUT2D eigenvalue weighted by Crippen LogP contribution is -2.35. The number of rotatable bonds is 2. The Morgan fingerprint density at radius 3 is 3.07 bits per heavy atom. The van der Waals surface area contributed by atoms with Crippen molar-refractivity contribution in [2.24, 2.45) is 4.99 Å². The highest BCUT2D eigenvalue weighted by Gasteiger charge is 2.10. The third-order valence-corrected chi connectivity index (χ3v) is 2.38. The molecule has 1 aliphatic heterocycles. The molecule has 0 aromatic heterocycles. The van der Waals surface area contributed by atoms with Crippen molar-refractivity contribution in [2.75, 3.05) is 13.1 Å². The van der Waals surface area contributed by atoms with Crippen LogP contribution in [0.25, 0.3) is 0 Å². The zero-order valence-corrected chi connectivity index (χ0v) is 8.63. The molecule has 2 rings (SSSR count). The van der Waals surface area contributed by atoms with Gasteiger partial charge >= 0.3 is 0 Å². The van der Waals surface area contributed by atoms with Gasteiger partial charge in [0.15, 0.2) is 5.96 Å². The second-order valence-corrected chi connectivity index (χ2v) is 3.58. The molecule has 0 spiro atoms. The summed E-state index contributed by atoms with van der Waals surface area (Å²) in [5, 5.41) is 6.31. The van der Waals surface area contributed by atoms with E-state index >= 15 is 0 Å². The molecule has 1 heterocycles. The van der Waals surface area contributed by atoms with Gasteiger partial charge in [-0.25, -0.2) is 4.39 Å². The van der Waals surface area contributed by atoms with Crippen molar-refractivity contribution >= 4 is 5.96 Å². The van der Waals surface area contributed by atoms with Crippen molar-refractivity contribution in [3.8, 4) is 0 Å². The average Bonchev–Trinajstić information content (AvgIpc) is 2.70. The van der Waals surface area contributed by atoms with Gasteiger partial charge in [-0.15, -0.1) is 0 Å². The smallest absolute Gasteiger partial charge is 0.191 e. The molecule has 0 amide bonds. The first-order valence-corrected chi connectivity index (χ1v) is 5.06. The normalized spacial score (nSPS) is 16.8. The Labute approximate surface area is 88.4 Å². The number of hydrogen-bond donors (Lipinski definition) is 2. The van der Waals surface area contributed by atoms with Crippen LogP contribution in [0, 0.1) is 5.82 Å². The van der Waals surface area contributed by atoms with Gasteiger partial charge in [0.2, 0.25) is 0 Å². The van der Waals surface area contributed by atoms with Gasteiger partial charge in [-0.3, -0.25) is 4.99 Å². The molecule has 1 aliphatic rings. The van der Waals surface area contributed by atoms with Crippen LogP contribution < -0.4 is 10.6 Å². The summed E-state index contributed by atoms with van der Waals surface area (Å²) in [6.45, 7) is 3.66. The molecule has 15 heavy (non-hydrogen) atoms. The van der Waals surface area contributed by atoms with E-state index in [1.165, 1.54) is 12.1 Å². The maximum atomic E-state index is 13.0. The van der Waals surface area contributed by atoms with Crippen LogP contribution in [0.15, 0.2) is 29.3 Å². The van der Waals surface area contributed by atoms with Gasteiger partial charge in [-0.1, -0.05) is 12.1 Å². The van der Waals surface area contributed by atoms with Crippen LogP contribution in [0.1, 0.15) is 18.5 Å². The topological polar surface area (TPSA) is 36.4 Å². The van der Waals surface area contributed by atoms with Gasteiger partial charge in [0.1, 0.15) is 5.82 Å². The largest absolute Gasteiger partial charge is 0.355 e. The molecule has 4 heteroatoms. The molecule has 0 bridgehead atoms. The monoisotopic (exact) mass is 207 g/mol. The van der Waals surface area contributed by atoms with Crippen molar-refractivity contribution < 1.29 is 4.39 Å². The molecule has 0 fully saturated rings. The van der Waals surface area contributed by atoms with Gasteiger partial charge in [0.25, 0.3) is 0 Å². The van der Waals surface area contributed by atoms with Gasteiger partial charge in [0.05, 0.1) is 12.6 Å². The maximum absolute atomic E-state index is 13.0. The van der Waals surface area contributed by atoms with Crippen molar-refractivity contribution in [1.82, 2.24) is 10.6 Å². The second kappa shape index (κ2) is 4.29. The number of aliphatic imine (C=N–C) groups is 1. The fraction of sp³-hybridized carbons (Fsp3) is 0.364. The summed E-state index contributed by atoms with van der Waals surface area (Å²) in [6.07, 6.45) is 0. The Kier molecular flexibility index (Phi) is 2.85. The standard InChI is InChI=1S/C11H14FN3/c1-8(15-11-13-5-6-14-11)9-3-2-4-10(12)7-9/h2-4,7-8H,5-6H2,1H3,(H2,13,14,15)/t8-/m0/s1. The van der Waals surface area contributed by atoms with Crippen LogP contribution >= 0.6 is 0 Å². The van der Waals surface area contributed by atoms with E-state index in [9.17, 15) is 4.39 Å². The van der Waals surface area contributed by atoms with Crippen molar-refractivity contribution in [1.29, 1.82) is 0 Å². The Hall–Kier alpha value is -1.58. The SMILES string of the molecule is C[C@H](NC1=NCCN1)c1cccc(F)c1. The minimum absolute atomic E-state index is 0.0602. The predicted molar refractivity (Wildman–Crippen MR) is 58.3 cm³/mol. The van der Waals surface area contributed by atoms with Crippen LogP contribution in [0.2, 0.25) is 0 Å². The number of benzene rings is 1. The molecule has 1 atom stereocenters. The highest BCUT2D eigenvalue weighted by Crippen LogP contribution is 2.13. The lowest BCUT2D eigenvalue weighted by Gasteiger charge is -2.15. The number of guanidine groups is 1. The highest BCUT2D eigenvalue weighted by atomic mass is 19.1. The van der Waals surface area contributed by atoms with Crippen LogP contribution in [0.4, 0.5) is 4.39 Å². The van der Waals surface area contributed by atoms with Crippen molar-refractivity contribution in [2.45, 2.75) is 13.0 Å². The molecule has 80 valence electrons. The number of hydrogen-bond acceptors (Lipinski definition) is 3. The summed E-state index contributed by atoms with van der Waals surface area (Å²) in [7, 11) is 0. The maximum Gasteiger partial charge on any atom is 0.191 e. The summed E-state index contributed by atoms with van der Waals surface area (Å²) in [6, 6.07) is 6.66. The number of nitrogens with zero attached hydrogens (tertiary/aromatic N) is 1. The van der Waals surface area contributed by atoms with Gasteiger partial charge in [-0.05, 0) is 24.6 Å². The fourth-order valence-corrected chi connectivity index (χ4v) is 1.56. The highest BCUT2D eigenvalue weighted by molar-refractivity contribution is 5.81. The van der Waals surface area contributed by atoms with E-state index in [-0.39, 0.29) is 11.9 Å². The van der Waals surface area contributed by atoms with Crippen molar-refractivity contribution in [3.05, 3.63) is 35.6 Å². The minimum Gasteiger partial charge on any atom is -0.355 e. The Morgan fingerprint density at radius 2 is 2.40 bits per heavy atom. The van der Waals surface area contributed by atoms with Gasteiger partial charge in [-0.2, -0.15) is 0 Å². The number of nitrogens with one attached hydrogen (secondary N) is 2. The molecular formula is C11H14FN3. The summed E-state index contributed by atoms with van der Waals surface area (Å²) in [4.78, 5) is 4.22. The molecule has 3 nitrogen and oxygen atoms in total. The Morgan fingerprint density at radius 1 is 1.53 bits per heavy atom. The Bertz CT molecular complexity index is 376. The van der Waals surface area contributed by atoms with E-state index in [1.54, 1.807) is 6.07 Å². The zero-order chi connectivity index (χ0) is 10.7. The molecule has 0 unspecified atom stereocenters. The first-order chi connectivity index (χ1) is 7.25. The molecule has 0 radical (unpaired) electrons. The van der Waals surface area contributed by atoms with Crippen LogP contribution in [0.5, 0.6) is 0 Å². The third kappa shape index (κ3) is 2.46. The summed E-state index contributed by atoms with van der Waals surface area (Å²) >= 11 is 0. The van der Waals surface area contributed by atoms with E-state index in [0.717, 1.165) is 24.6 Å². The second-order valence-electron chi connectivity index (χ2n) is 3.58. The van der Waals surface area contributed by atoms with Gasteiger partial charge < -0.3 is 10.6 Å². The lowest BCUT2D eigenvalue weighted by atomic mass is 10.1. The molecule has 0 saturated heterocycles. The van der Waals surface area contributed by atoms with Crippen molar-refractivity contribution in [3.63, 3.8) is 0 Å². The van der Waals surface area contributed by atoms with Gasteiger partial charge in [0, 0.05) is 6.54 Å². The quantitative estimate of drug-likeness (QED) is 0.769. The van der Waals surface area contributed by atoms with Crippen LogP contribution in [-0.4, -0.2) is 19.0 Å². The molecule has 1 aromatic carbocycles. The van der Waals surface area contributed by atoms with E-state index in [0.29, 0.717) is 0 Å². The first-order valence-electron chi connectivity index (χ1n) is 5.06. The summed E-state index contributed by atoms with van der Waals surface area (Å²) < 4.78 is 13.0. The van der Waals surface area contributed by atoms with Crippen LogP contribution in [0.3, 0.4) is 0 Å².